The van der Waals surface area contributed by atoms with Crippen LogP contribution in [0.25, 0.3) is 0 Å². The van der Waals surface area contributed by atoms with Gasteiger partial charge in [-0.1, -0.05) is 18.2 Å². The largest absolute Gasteiger partial charge is 0.467 e. The normalized spacial score (nSPS) is 21.2. The van der Waals surface area contributed by atoms with Crippen molar-refractivity contribution in [2.24, 2.45) is 0 Å². The molecule has 1 aliphatic rings. The molecule has 2 rings (SSSR count). The van der Waals surface area contributed by atoms with E-state index in [1.54, 1.807) is 0 Å². The molecule has 1 fully saturated rings. The van der Waals surface area contributed by atoms with E-state index in [-0.39, 0.29) is 6.23 Å². The van der Waals surface area contributed by atoms with Crippen molar-refractivity contribution in [3.63, 3.8) is 0 Å². The molecule has 1 aromatic carbocycles. The van der Waals surface area contributed by atoms with E-state index in [2.05, 4.69) is 5.32 Å². The van der Waals surface area contributed by atoms with E-state index in [0.717, 1.165) is 18.7 Å². The van der Waals surface area contributed by atoms with Gasteiger partial charge in [0.25, 0.3) is 0 Å². The van der Waals surface area contributed by atoms with Crippen LogP contribution in [0.5, 0.6) is 5.75 Å². The van der Waals surface area contributed by atoms with E-state index in [0.29, 0.717) is 6.79 Å². The summed E-state index contributed by atoms with van der Waals surface area (Å²) in [5.41, 5.74) is 0. The van der Waals surface area contributed by atoms with Crippen LogP contribution in [0.4, 0.5) is 0 Å². The number of piperidine rings is 1. The van der Waals surface area contributed by atoms with Crippen molar-refractivity contribution in [2.75, 3.05) is 13.3 Å². The maximum atomic E-state index is 5.55. The monoisotopic (exact) mass is 207 g/mol. The van der Waals surface area contributed by atoms with Crippen LogP contribution in [0.2, 0.25) is 0 Å². The lowest BCUT2D eigenvalue weighted by atomic mass is 10.1. The number of para-hydroxylation sites is 1. The van der Waals surface area contributed by atoms with Crippen LogP contribution in [0.15, 0.2) is 30.3 Å². The van der Waals surface area contributed by atoms with Crippen molar-refractivity contribution in [1.29, 1.82) is 0 Å². The van der Waals surface area contributed by atoms with E-state index in [1.165, 1.54) is 12.8 Å². The number of rotatable bonds is 4. The summed E-state index contributed by atoms with van der Waals surface area (Å²) >= 11 is 0. The number of benzene rings is 1. The van der Waals surface area contributed by atoms with Crippen LogP contribution in [0, 0.1) is 0 Å². The molecule has 1 atom stereocenters. The molecular weight excluding hydrogens is 190 g/mol. The Morgan fingerprint density at radius 1 is 1.20 bits per heavy atom. The predicted octanol–water partition coefficient (Wildman–Crippen LogP) is 2.14. The lowest BCUT2D eigenvalue weighted by Gasteiger charge is -2.23. The second-order valence-corrected chi connectivity index (χ2v) is 3.68. The van der Waals surface area contributed by atoms with E-state index in [9.17, 15) is 0 Å². The molecule has 3 nitrogen and oxygen atoms in total. The average Bonchev–Trinajstić information content (AvgIpc) is 2.32. The van der Waals surface area contributed by atoms with Gasteiger partial charge in [-0.05, 0) is 37.9 Å². The molecule has 1 N–H and O–H groups in total. The Bertz CT molecular complexity index is 270. The van der Waals surface area contributed by atoms with Crippen LogP contribution in [-0.4, -0.2) is 19.6 Å². The van der Waals surface area contributed by atoms with Crippen molar-refractivity contribution in [1.82, 2.24) is 5.32 Å². The molecule has 0 amide bonds. The second kappa shape index (κ2) is 5.73. The molecule has 82 valence electrons. The van der Waals surface area contributed by atoms with Gasteiger partial charge in [-0.25, -0.2) is 0 Å². The van der Waals surface area contributed by atoms with E-state index in [4.69, 9.17) is 9.47 Å². The standard InChI is InChI=1S/C12H17NO2/c1-2-6-11(7-3-1)14-10-15-12-8-4-5-9-13-12/h1-3,6-7,12-13H,4-5,8-10H2. The van der Waals surface area contributed by atoms with Gasteiger partial charge < -0.3 is 9.47 Å². The third kappa shape index (κ3) is 3.53. The Morgan fingerprint density at radius 3 is 2.80 bits per heavy atom. The lowest BCUT2D eigenvalue weighted by molar-refractivity contribution is -0.0604. The quantitative estimate of drug-likeness (QED) is 0.767. The topological polar surface area (TPSA) is 30.5 Å². The molecular formula is C12H17NO2. The van der Waals surface area contributed by atoms with Gasteiger partial charge in [0.15, 0.2) is 6.79 Å². The fraction of sp³-hybridized carbons (Fsp3) is 0.500. The fourth-order valence-electron chi connectivity index (χ4n) is 1.66. The molecule has 1 aliphatic heterocycles. The molecule has 3 heteroatoms. The van der Waals surface area contributed by atoms with Crippen LogP contribution in [-0.2, 0) is 4.74 Å². The maximum absolute atomic E-state index is 5.55. The molecule has 0 aliphatic carbocycles. The van der Waals surface area contributed by atoms with Gasteiger partial charge in [0, 0.05) is 0 Å². The number of nitrogens with one attached hydrogen (secondary N) is 1. The van der Waals surface area contributed by atoms with Gasteiger partial charge in [-0.15, -0.1) is 0 Å². The molecule has 0 bridgehead atoms. The highest BCUT2D eigenvalue weighted by Gasteiger charge is 2.12. The smallest absolute Gasteiger partial charge is 0.190 e. The number of hydrogen-bond acceptors (Lipinski definition) is 3. The first-order valence-electron chi connectivity index (χ1n) is 5.48. The summed E-state index contributed by atoms with van der Waals surface area (Å²) in [5, 5.41) is 3.30. The van der Waals surface area contributed by atoms with E-state index >= 15 is 0 Å². The zero-order chi connectivity index (χ0) is 10.3. The minimum absolute atomic E-state index is 0.169. The van der Waals surface area contributed by atoms with Crippen LogP contribution in [0.3, 0.4) is 0 Å². The van der Waals surface area contributed by atoms with Gasteiger partial charge in [0.2, 0.25) is 0 Å². The Labute approximate surface area is 90.4 Å². The summed E-state index contributed by atoms with van der Waals surface area (Å²) in [7, 11) is 0. The van der Waals surface area contributed by atoms with Gasteiger partial charge in [-0.3, -0.25) is 5.32 Å². The van der Waals surface area contributed by atoms with E-state index in [1.807, 2.05) is 30.3 Å². The Balaban J connectivity index is 1.66. The molecule has 1 unspecified atom stereocenters. The first-order chi connectivity index (χ1) is 7.45. The summed E-state index contributed by atoms with van der Waals surface area (Å²) < 4.78 is 11.0. The summed E-state index contributed by atoms with van der Waals surface area (Å²) in [6, 6.07) is 9.73. The zero-order valence-corrected chi connectivity index (χ0v) is 8.82. The fourth-order valence-corrected chi connectivity index (χ4v) is 1.66. The highest BCUT2D eigenvalue weighted by Crippen LogP contribution is 2.11. The highest BCUT2D eigenvalue weighted by atomic mass is 16.7. The number of ether oxygens (including phenoxy) is 2. The van der Waals surface area contributed by atoms with Crippen molar-refractivity contribution >= 4 is 0 Å². The third-order valence-electron chi connectivity index (χ3n) is 2.50. The van der Waals surface area contributed by atoms with E-state index < -0.39 is 0 Å². The highest BCUT2D eigenvalue weighted by molar-refractivity contribution is 5.20. The van der Waals surface area contributed by atoms with Crippen molar-refractivity contribution in [3.05, 3.63) is 30.3 Å². The summed E-state index contributed by atoms with van der Waals surface area (Å²) in [5.74, 6) is 0.855. The Kier molecular flexibility index (Phi) is 4.00. The second-order valence-electron chi connectivity index (χ2n) is 3.68. The van der Waals surface area contributed by atoms with Crippen LogP contribution >= 0.6 is 0 Å². The van der Waals surface area contributed by atoms with Crippen molar-refractivity contribution in [3.8, 4) is 5.75 Å². The van der Waals surface area contributed by atoms with Gasteiger partial charge in [-0.2, -0.15) is 0 Å². The minimum Gasteiger partial charge on any atom is -0.467 e. The summed E-state index contributed by atoms with van der Waals surface area (Å²) in [4.78, 5) is 0. The number of hydrogen-bond donors (Lipinski definition) is 1. The Hall–Kier alpha value is -1.06. The maximum Gasteiger partial charge on any atom is 0.190 e. The molecule has 0 radical (unpaired) electrons. The summed E-state index contributed by atoms with van der Waals surface area (Å²) in [6.07, 6.45) is 3.74. The molecule has 0 spiro atoms. The molecule has 1 aromatic rings. The summed E-state index contributed by atoms with van der Waals surface area (Å²) in [6.45, 7) is 1.37. The van der Waals surface area contributed by atoms with Crippen LogP contribution in [0.1, 0.15) is 19.3 Å². The molecule has 1 saturated heterocycles. The Morgan fingerprint density at radius 2 is 2.07 bits per heavy atom. The third-order valence-corrected chi connectivity index (χ3v) is 2.50. The van der Waals surface area contributed by atoms with Crippen molar-refractivity contribution in [2.45, 2.75) is 25.5 Å². The average molecular weight is 207 g/mol. The zero-order valence-electron chi connectivity index (χ0n) is 8.82. The lowest BCUT2D eigenvalue weighted by Crippen LogP contribution is -2.37. The molecule has 0 saturated carbocycles. The first-order valence-corrected chi connectivity index (χ1v) is 5.48. The SMILES string of the molecule is c1ccc(OCOC2CCCCN2)cc1. The van der Waals surface area contributed by atoms with Crippen molar-refractivity contribution < 1.29 is 9.47 Å². The van der Waals surface area contributed by atoms with Gasteiger partial charge in [0.1, 0.15) is 12.0 Å². The predicted molar refractivity (Wildman–Crippen MR) is 58.7 cm³/mol. The molecule has 0 aromatic heterocycles. The molecule has 15 heavy (non-hydrogen) atoms. The molecule has 1 heterocycles. The van der Waals surface area contributed by atoms with Gasteiger partial charge in [0.05, 0.1) is 0 Å². The first kappa shape index (κ1) is 10.5. The minimum atomic E-state index is 0.169. The van der Waals surface area contributed by atoms with Crippen LogP contribution < -0.4 is 10.1 Å². The van der Waals surface area contributed by atoms with Gasteiger partial charge >= 0.3 is 0 Å².